The largest absolute Gasteiger partial charge is 0.462 e. The third-order valence-electron chi connectivity index (χ3n) is 13.0. The lowest BCUT2D eigenvalue weighted by Gasteiger charge is -2.18. The first-order valence-corrected chi connectivity index (χ1v) is 30.9. The fraction of sp³-hybridized carbons (Fsp3) is 0.691. The molecule has 422 valence electrons. The van der Waals surface area contributed by atoms with Crippen LogP contribution in [0.4, 0.5) is 0 Å². The zero-order chi connectivity index (χ0) is 53.6. The van der Waals surface area contributed by atoms with Crippen LogP contribution in [0.5, 0.6) is 0 Å². The highest BCUT2D eigenvalue weighted by molar-refractivity contribution is 5.71. The van der Waals surface area contributed by atoms with E-state index in [9.17, 15) is 14.4 Å². The van der Waals surface area contributed by atoms with Crippen LogP contribution in [0, 0.1) is 0 Å². The maximum absolute atomic E-state index is 12.8. The second kappa shape index (κ2) is 61.6. The number of hydrogen-bond donors (Lipinski definition) is 0. The number of carbonyl (C=O) groups excluding carboxylic acids is 3. The van der Waals surface area contributed by atoms with Crippen LogP contribution in [0.3, 0.4) is 0 Å². The van der Waals surface area contributed by atoms with Crippen molar-refractivity contribution in [3.05, 3.63) is 109 Å². The van der Waals surface area contributed by atoms with Gasteiger partial charge in [0.2, 0.25) is 0 Å². The Hall–Kier alpha value is -3.93. The molecule has 0 fully saturated rings. The van der Waals surface area contributed by atoms with E-state index in [4.69, 9.17) is 14.2 Å². The predicted molar refractivity (Wildman–Crippen MR) is 320 cm³/mol. The molecule has 0 saturated carbocycles. The minimum absolute atomic E-state index is 0.0811. The zero-order valence-electron chi connectivity index (χ0n) is 48.3. The molecule has 74 heavy (non-hydrogen) atoms. The molecule has 0 bridgehead atoms. The number of unbranched alkanes of at least 4 members (excludes halogenated alkanes) is 26. The summed E-state index contributed by atoms with van der Waals surface area (Å²) in [6.07, 6.45) is 84.1. The van der Waals surface area contributed by atoms with Gasteiger partial charge in [-0.05, 0) is 109 Å². The summed E-state index contributed by atoms with van der Waals surface area (Å²) in [5.41, 5.74) is 0. The summed E-state index contributed by atoms with van der Waals surface area (Å²) in [7, 11) is 0. The second-order valence-electron chi connectivity index (χ2n) is 20.2. The third-order valence-corrected chi connectivity index (χ3v) is 13.0. The highest BCUT2D eigenvalue weighted by Gasteiger charge is 2.19. The van der Waals surface area contributed by atoms with Gasteiger partial charge in [0, 0.05) is 19.3 Å². The number of allylic oxidation sites excluding steroid dienone is 18. The molecule has 0 aromatic heterocycles. The van der Waals surface area contributed by atoms with E-state index >= 15 is 0 Å². The molecule has 0 aromatic rings. The maximum atomic E-state index is 12.8. The molecule has 0 aromatic carbocycles. The molecule has 0 aliphatic carbocycles. The second-order valence-corrected chi connectivity index (χ2v) is 20.2. The number of esters is 3. The van der Waals surface area contributed by atoms with Gasteiger partial charge in [0.15, 0.2) is 6.10 Å². The molecule has 0 N–H and O–H groups in total. The van der Waals surface area contributed by atoms with Gasteiger partial charge in [0.25, 0.3) is 0 Å². The maximum Gasteiger partial charge on any atom is 0.306 e. The molecule has 0 rings (SSSR count). The quantitative estimate of drug-likeness (QED) is 0.0261. The molecule has 1 atom stereocenters. The molecule has 0 heterocycles. The van der Waals surface area contributed by atoms with Gasteiger partial charge in [-0.1, -0.05) is 265 Å². The molecular formula is C68H114O6. The zero-order valence-corrected chi connectivity index (χ0v) is 48.3. The van der Waals surface area contributed by atoms with Crippen LogP contribution >= 0.6 is 0 Å². The molecule has 0 amide bonds. The van der Waals surface area contributed by atoms with Crippen LogP contribution < -0.4 is 0 Å². The predicted octanol–water partition coefficient (Wildman–Crippen LogP) is 21.0. The van der Waals surface area contributed by atoms with Gasteiger partial charge in [0.05, 0.1) is 0 Å². The highest BCUT2D eigenvalue weighted by Crippen LogP contribution is 2.15. The lowest BCUT2D eigenvalue weighted by atomic mass is 10.0. The van der Waals surface area contributed by atoms with E-state index in [1.165, 1.54) is 128 Å². The van der Waals surface area contributed by atoms with E-state index < -0.39 is 6.10 Å². The Morgan fingerprint density at radius 2 is 0.527 bits per heavy atom. The van der Waals surface area contributed by atoms with E-state index in [0.29, 0.717) is 19.3 Å². The SMILES string of the molecule is CC/C=C\C/C=C\C/C=C\C/C=C\C/C=C\C/C=C\C/C=C\CCCCCCCCCCCCCC(=O)OCC(COC(=O)CCCCCCCC)OC(=O)CCCCCCCCC/C=C\C/C=C\CCCCC. The van der Waals surface area contributed by atoms with E-state index in [-0.39, 0.29) is 31.1 Å². The van der Waals surface area contributed by atoms with E-state index in [1.54, 1.807) is 0 Å². The minimum atomic E-state index is -0.780. The van der Waals surface area contributed by atoms with Gasteiger partial charge < -0.3 is 14.2 Å². The van der Waals surface area contributed by atoms with Crippen molar-refractivity contribution in [1.29, 1.82) is 0 Å². The molecule has 6 nitrogen and oxygen atoms in total. The van der Waals surface area contributed by atoms with Crippen LogP contribution in [-0.2, 0) is 28.6 Å². The number of ether oxygens (including phenoxy) is 3. The summed E-state index contributed by atoms with van der Waals surface area (Å²) in [6, 6.07) is 0. The Bertz CT molecular complexity index is 1510. The molecule has 6 heteroatoms. The van der Waals surface area contributed by atoms with Crippen LogP contribution in [0.1, 0.15) is 284 Å². The van der Waals surface area contributed by atoms with Crippen LogP contribution in [0.15, 0.2) is 109 Å². The van der Waals surface area contributed by atoms with Gasteiger partial charge in [-0.25, -0.2) is 0 Å². The van der Waals surface area contributed by atoms with Crippen molar-refractivity contribution >= 4 is 17.9 Å². The monoisotopic (exact) mass is 1030 g/mol. The van der Waals surface area contributed by atoms with E-state index in [0.717, 1.165) is 116 Å². The third kappa shape index (κ3) is 59.0. The first-order chi connectivity index (χ1) is 36.5. The highest BCUT2D eigenvalue weighted by atomic mass is 16.6. The van der Waals surface area contributed by atoms with Crippen molar-refractivity contribution < 1.29 is 28.6 Å². The van der Waals surface area contributed by atoms with Gasteiger partial charge >= 0.3 is 17.9 Å². The number of carbonyl (C=O) groups is 3. The van der Waals surface area contributed by atoms with Gasteiger partial charge in [-0.15, -0.1) is 0 Å². The summed E-state index contributed by atoms with van der Waals surface area (Å²) in [5.74, 6) is -0.898. The molecular weight excluding hydrogens is 913 g/mol. The summed E-state index contributed by atoms with van der Waals surface area (Å²) >= 11 is 0. The Kier molecular flexibility index (Phi) is 58.3. The van der Waals surface area contributed by atoms with Gasteiger partial charge in [0.1, 0.15) is 13.2 Å². The Balaban J connectivity index is 4.08. The topological polar surface area (TPSA) is 78.9 Å². The van der Waals surface area contributed by atoms with Crippen molar-refractivity contribution in [3.63, 3.8) is 0 Å². The molecule has 0 radical (unpaired) electrons. The first-order valence-electron chi connectivity index (χ1n) is 30.9. The van der Waals surface area contributed by atoms with Gasteiger partial charge in [-0.2, -0.15) is 0 Å². The number of rotatable bonds is 55. The lowest BCUT2D eigenvalue weighted by Crippen LogP contribution is -2.30. The smallest absolute Gasteiger partial charge is 0.306 e. The normalized spacial score (nSPS) is 12.9. The average Bonchev–Trinajstić information content (AvgIpc) is 3.40. The molecule has 0 aliphatic heterocycles. The van der Waals surface area contributed by atoms with Crippen LogP contribution in [0.25, 0.3) is 0 Å². The first kappa shape index (κ1) is 70.1. The fourth-order valence-electron chi connectivity index (χ4n) is 8.39. The molecule has 0 aliphatic rings. The summed E-state index contributed by atoms with van der Waals surface area (Å²) in [4.78, 5) is 37.9. The van der Waals surface area contributed by atoms with Gasteiger partial charge in [-0.3, -0.25) is 14.4 Å². The van der Waals surface area contributed by atoms with Crippen molar-refractivity contribution in [2.75, 3.05) is 13.2 Å². The van der Waals surface area contributed by atoms with Crippen LogP contribution in [0.2, 0.25) is 0 Å². The van der Waals surface area contributed by atoms with Crippen molar-refractivity contribution in [1.82, 2.24) is 0 Å². The average molecular weight is 1030 g/mol. The Labute approximate surface area is 457 Å². The fourth-order valence-corrected chi connectivity index (χ4v) is 8.39. The van der Waals surface area contributed by atoms with E-state index in [1.807, 2.05) is 0 Å². The number of hydrogen-bond acceptors (Lipinski definition) is 6. The summed E-state index contributed by atoms with van der Waals surface area (Å²) < 4.78 is 16.8. The summed E-state index contributed by atoms with van der Waals surface area (Å²) in [5, 5.41) is 0. The van der Waals surface area contributed by atoms with Crippen molar-refractivity contribution in [2.24, 2.45) is 0 Å². The Morgan fingerprint density at radius 3 is 0.851 bits per heavy atom. The minimum Gasteiger partial charge on any atom is -0.462 e. The lowest BCUT2D eigenvalue weighted by molar-refractivity contribution is -0.167. The van der Waals surface area contributed by atoms with Crippen LogP contribution in [-0.4, -0.2) is 37.2 Å². The molecule has 1 unspecified atom stereocenters. The Morgan fingerprint density at radius 1 is 0.284 bits per heavy atom. The molecule has 0 spiro atoms. The van der Waals surface area contributed by atoms with Crippen molar-refractivity contribution in [2.45, 2.75) is 290 Å². The molecule has 0 saturated heterocycles. The van der Waals surface area contributed by atoms with Crippen molar-refractivity contribution in [3.8, 4) is 0 Å². The van der Waals surface area contributed by atoms with E-state index in [2.05, 4.69) is 130 Å². The standard InChI is InChI=1S/C68H114O6/c1-4-7-10-13-16-18-20-22-24-26-27-28-29-30-31-32-33-34-35-36-37-38-39-40-41-43-44-46-48-50-52-55-58-61-67(70)73-64-65(63-72-66(69)60-57-54-15-12-9-6-3)74-68(71)62-59-56-53-51-49-47-45-42-25-23-21-19-17-14-11-8-5-2/h7,10,16-19,22-25,27-28,30-31,33-34,36-37,65H,4-6,8-9,11-15,20-21,26,29,32,35,38-64H2,1-3H3/b10-7-,18-16-,19-17-,24-22-,25-23-,28-27-,31-30-,34-33-,37-36-. The summed E-state index contributed by atoms with van der Waals surface area (Å²) in [6.45, 7) is 6.44.